The van der Waals surface area contributed by atoms with Crippen LogP contribution in [0.25, 0.3) is 0 Å². The average Bonchev–Trinajstić information content (AvgIpc) is 2.61. The second-order valence-corrected chi connectivity index (χ2v) is 4.83. The first-order valence-corrected chi connectivity index (χ1v) is 7.26. The van der Waals surface area contributed by atoms with Crippen LogP contribution in [0.3, 0.4) is 0 Å². The van der Waals surface area contributed by atoms with Gasteiger partial charge in [0, 0.05) is 31.0 Å². The van der Waals surface area contributed by atoms with Gasteiger partial charge in [-0.05, 0) is 30.3 Å². The largest absolute Gasteiger partial charge is 0.383 e. The van der Waals surface area contributed by atoms with Gasteiger partial charge in [-0.1, -0.05) is 12.1 Å². The van der Waals surface area contributed by atoms with Gasteiger partial charge in [0.15, 0.2) is 0 Å². The van der Waals surface area contributed by atoms with E-state index >= 15 is 0 Å². The van der Waals surface area contributed by atoms with Crippen LogP contribution in [0, 0.1) is 0 Å². The number of pyridine rings is 1. The van der Waals surface area contributed by atoms with Crippen molar-refractivity contribution in [3.05, 3.63) is 65.5 Å². The molecule has 0 atom stereocenters. The van der Waals surface area contributed by atoms with E-state index in [-0.39, 0.29) is 11.8 Å². The van der Waals surface area contributed by atoms with Crippen LogP contribution < -0.4 is 10.6 Å². The van der Waals surface area contributed by atoms with Crippen LogP contribution in [0.2, 0.25) is 0 Å². The van der Waals surface area contributed by atoms with E-state index in [1.165, 1.54) is 0 Å². The minimum Gasteiger partial charge on any atom is -0.383 e. The maximum atomic E-state index is 12.2. The summed E-state index contributed by atoms with van der Waals surface area (Å²) in [5.41, 5.74) is 1.64. The number of methoxy groups -OCH3 is 1. The molecule has 1 heterocycles. The smallest absolute Gasteiger partial charge is 0.251 e. The molecule has 2 N–H and O–H groups in total. The molecule has 1 aromatic heterocycles. The lowest BCUT2D eigenvalue weighted by Gasteiger charge is -2.07. The van der Waals surface area contributed by atoms with Crippen molar-refractivity contribution in [2.24, 2.45) is 0 Å². The highest BCUT2D eigenvalue weighted by Crippen LogP contribution is 2.06. The first kappa shape index (κ1) is 16.6. The normalized spacial score (nSPS) is 10.1. The summed E-state index contributed by atoms with van der Waals surface area (Å²) in [5, 5.41) is 5.50. The van der Waals surface area contributed by atoms with Gasteiger partial charge in [-0.15, -0.1) is 0 Å². The number of benzene rings is 1. The summed E-state index contributed by atoms with van der Waals surface area (Å²) in [6.45, 7) is 1.20. The molecular weight excluding hydrogens is 294 g/mol. The molecule has 1 aromatic carbocycles. The minimum absolute atomic E-state index is 0.235. The van der Waals surface area contributed by atoms with Crippen molar-refractivity contribution in [1.82, 2.24) is 15.6 Å². The predicted molar refractivity (Wildman–Crippen MR) is 86.1 cm³/mol. The van der Waals surface area contributed by atoms with Gasteiger partial charge in [0.25, 0.3) is 11.8 Å². The van der Waals surface area contributed by atoms with Crippen LogP contribution in [-0.2, 0) is 11.3 Å². The Morgan fingerprint density at radius 3 is 2.43 bits per heavy atom. The molecule has 6 heteroatoms. The number of aromatic nitrogens is 1. The molecule has 0 bridgehead atoms. The fraction of sp³-hybridized carbons (Fsp3) is 0.235. The number of rotatable bonds is 7. The van der Waals surface area contributed by atoms with Gasteiger partial charge in [-0.3, -0.25) is 14.6 Å². The van der Waals surface area contributed by atoms with Crippen LogP contribution in [0.5, 0.6) is 0 Å². The molecule has 0 saturated heterocycles. The van der Waals surface area contributed by atoms with E-state index in [4.69, 9.17) is 4.74 Å². The molecule has 6 nitrogen and oxygen atoms in total. The predicted octanol–water partition coefficient (Wildman–Crippen LogP) is 1.39. The Bertz CT molecular complexity index is 659. The second kappa shape index (κ2) is 8.65. The molecule has 0 unspecified atom stereocenters. The molecular formula is C17H19N3O3. The number of carbonyl (C=O) groups is 2. The minimum atomic E-state index is -0.248. The molecule has 23 heavy (non-hydrogen) atoms. The summed E-state index contributed by atoms with van der Waals surface area (Å²) >= 11 is 0. The van der Waals surface area contributed by atoms with Crippen LogP contribution in [0.15, 0.2) is 48.7 Å². The molecule has 0 aliphatic heterocycles. The molecule has 0 aliphatic carbocycles. The quantitative estimate of drug-likeness (QED) is 0.757. The van der Waals surface area contributed by atoms with E-state index < -0.39 is 0 Å². The monoisotopic (exact) mass is 313 g/mol. The Balaban J connectivity index is 1.95. The summed E-state index contributed by atoms with van der Waals surface area (Å²) in [7, 11) is 1.57. The van der Waals surface area contributed by atoms with E-state index in [9.17, 15) is 9.59 Å². The molecule has 0 aliphatic rings. The van der Waals surface area contributed by atoms with Crippen molar-refractivity contribution >= 4 is 11.8 Å². The Kier molecular flexibility index (Phi) is 6.26. The van der Waals surface area contributed by atoms with Crippen LogP contribution in [-0.4, -0.2) is 37.1 Å². The zero-order valence-electron chi connectivity index (χ0n) is 12.9. The van der Waals surface area contributed by atoms with Gasteiger partial charge >= 0.3 is 0 Å². The van der Waals surface area contributed by atoms with Gasteiger partial charge in [0.2, 0.25) is 0 Å². The standard InChI is InChI=1S/C17H19N3O3/c1-23-10-9-19-16(21)13-5-4-6-14(11-13)17(22)20-12-15-7-2-3-8-18-15/h2-8,11H,9-10,12H2,1H3,(H,19,21)(H,20,22). The van der Waals surface area contributed by atoms with E-state index in [1.54, 1.807) is 37.6 Å². The lowest BCUT2D eigenvalue weighted by atomic mass is 10.1. The number of carbonyl (C=O) groups excluding carboxylic acids is 2. The third-order valence-corrected chi connectivity index (χ3v) is 3.13. The molecule has 0 saturated carbocycles. The number of hydrogen-bond acceptors (Lipinski definition) is 4. The Morgan fingerprint density at radius 1 is 1.04 bits per heavy atom. The fourth-order valence-corrected chi connectivity index (χ4v) is 1.95. The SMILES string of the molecule is COCCNC(=O)c1cccc(C(=O)NCc2ccccn2)c1. The van der Waals surface area contributed by atoms with E-state index in [1.807, 2.05) is 18.2 Å². The molecule has 2 amide bonds. The summed E-state index contributed by atoms with van der Waals surface area (Å²) in [6, 6.07) is 12.1. The summed E-state index contributed by atoms with van der Waals surface area (Å²) in [6.07, 6.45) is 1.67. The van der Waals surface area contributed by atoms with Gasteiger partial charge in [-0.2, -0.15) is 0 Å². The van der Waals surface area contributed by atoms with Crippen LogP contribution in [0.4, 0.5) is 0 Å². The average molecular weight is 313 g/mol. The van der Waals surface area contributed by atoms with Crippen molar-refractivity contribution in [3.63, 3.8) is 0 Å². The van der Waals surface area contributed by atoms with Gasteiger partial charge in [0.05, 0.1) is 18.8 Å². The number of hydrogen-bond donors (Lipinski definition) is 2. The zero-order valence-corrected chi connectivity index (χ0v) is 12.9. The topological polar surface area (TPSA) is 80.3 Å². The van der Waals surface area contributed by atoms with Crippen molar-refractivity contribution < 1.29 is 14.3 Å². The van der Waals surface area contributed by atoms with Crippen molar-refractivity contribution in [3.8, 4) is 0 Å². The maximum Gasteiger partial charge on any atom is 0.251 e. The van der Waals surface area contributed by atoms with Gasteiger partial charge in [-0.25, -0.2) is 0 Å². The van der Waals surface area contributed by atoms with Gasteiger partial charge in [0.1, 0.15) is 0 Å². The second-order valence-electron chi connectivity index (χ2n) is 4.83. The molecule has 0 radical (unpaired) electrons. The Labute approximate surface area is 134 Å². The fourth-order valence-electron chi connectivity index (χ4n) is 1.95. The zero-order chi connectivity index (χ0) is 16.5. The lowest BCUT2D eigenvalue weighted by molar-refractivity contribution is 0.0937. The number of amides is 2. The number of nitrogens with one attached hydrogen (secondary N) is 2. The summed E-state index contributed by atoms with van der Waals surface area (Å²) < 4.78 is 4.88. The van der Waals surface area contributed by atoms with Crippen LogP contribution in [0.1, 0.15) is 26.4 Å². The highest BCUT2D eigenvalue weighted by molar-refractivity contribution is 5.99. The Morgan fingerprint density at radius 2 is 1.78 bits per heavy atom. The van der Waals surface area contributed by atoms with E-state index in [2.05, 4.69) is 15.6 Å². The van der Waals surface area contributed by atoms with E-state index in [0.29, 0.717) is 30.8 Å². The van der Waals surface area contributed by atoms with E-state index in [0.717, 1.165) is 5.69 Å². The first-order chi connectivity index (χ1) is 11.2. The highest BCUT2D eigenvalue weighted by atomic mass is 16.5. The number of ether oxygens (including phenoxy) is 1. The number of nitrogens with zero attached hydrogens (tertiary/aromatic N) is 1. The summed E-state index contributed by atoms with van der Waals surface area (Å²) in [5.74, 6) is -0.483. The lowest BCUT2D eigenvalue weighted by Crippen LogP contribution is -2.28. The molecule has 120 valence electrons. The first-order valence-electron chi connectivity index (χ1n) is 7.26. The molecule has 2 aromatic rings. The Hall–Kier alpha value is -2.73. The van der Waals surface area contributed by atoms with Crippen LogP contribution >= 0.6 is 0 Å². The van der Waals surface area contributed by atoms with Crippen molar-refractivity contribution in [2.45, 2.75) is 6.54 Å². The molecule has 0 fully saturated rings. The van der Waals surface area contributed by atoms with Crippen molar-refractivity contribution in [2.75, 3.05) is 20.3 Å². The third-order valence-electron chi connectivity index (χ3n) is 3.13. The van der Waals surface area contributed by atoms with Gasteiger partial charge < -0.3 is 15.4 Å². The maximum absolute atomic E-state index is 12.2. The molecule has 0 spiro atoms. The van der Waals surface area contributed by atoms with Crippen molar-refractivity contribution in [1.29, 1.82) is 0 Å². The highest BCUT2D eigenvalue weighted by Gasteiger charge is 2.10. The summed E-state index contributed by atoms with van der Waals surface area (Å²) in [4.78, 5) is 28.3. The third kappa shape index (κ3) is 5.19. The molecule has 2 rings (SSSR count).